The average molecular weight is 495 g/mol. The normalized spacial score (nSPS) is 14.9. The molecule has 10 heteroatoms. The highest BCUT2D eigenvalue weighted by molar-refractivity contribution is 5.50. The van der Waals surface area contributed by atoms with Gasteiger partial charge in [-0.1, -0.05) is 24.3 Å². The van der Waals surface area contributed by atoms with Crippen molar-refractivity contribution in [1.82, 2.24) is 0 Å². The molecule has 0 unspecified atom stereocenters. The number of aliphatic hydroxyl groups is 8. The second kappa shape index (κ2) is 15.0. The third-order valence-corrected chi connectivity index (χ3v) is 5.58. The third kappa shape index (κ3) is 9.71. The van der Waals surface area contributed by atoms with E-state index in [2.05, 4.69) is 0 Å². The predicted molar refractivity (Wildman–Crippen MR) is 132 cm³/mol. The molecule has 0 saturated heterocycles. The molecule has 8 N–H and O–H groups in total. The summed E-state index contributed by atoms with van der Waals surface area (Å²) in [5.74, 6) is 0. The Morgan fingerprint density at radius 2 is 0.714 bits per heavy atom. The van der Waals surface area contributed by atoms with Gasteiger partial charge in [0, 0.05) is 37.6 Å². The first kappa shape index (κ1) is 29.0. The van der Waals surface area contributed by atoms with Crippen molar-refractivity contribution in [1.29, 1.82) is 0 Å². The number of nitrogens with zero attached hydrogens (tertiary/aromatic N) is 2. The lowest BCUT2D eigenvalue weighted by atomic mass is 10.0. The Balaban J connectivity index is 2.09. The lowest BCUT2D eigenvalue weighted by Crippen LogP contribution is -2.40. The zero-order valence-corrected chi connectivity index (χ0v) is 19.8. The highest BCUT2D eigenvalue weighted by Crippen LogP contribution is 2.21. The van der Waals surface area contributed by atoms with Crippen LogP contribution in [-0.2, 0) is 6.42 Å². The molecule has 0 aliphatic heterocycles. The molecule has 0 aliphatic rings. The maximum atomic E-state index is 9.82. The summed E-state index contributed by atoms with van der Waals surface area (Å²) in [6.07, 6.45) is -3.27. The fourth-order valence-electron chi connectivity index (χ4n) is 3.70. The van der Waals surface area contributed by atoms with Gasteiger partial charge in [-0.2, -0.15) is 0 Å². The van der Waals surface area contributed by atoms with Crippen molar-refractivity contribution in [2.75, 3.05) is 62.4 Å². The number of hydrogen-bond acceptors (Lipinski definition) is 10. The molecule has 2 aromatic rings. The van der Waals surface area contributed by atoms with Gasteiger partial charge in [-0.25, -0.2) is 0 Å². The van der Waals surface area contributed by atoms with Crippen LogP contribution in [0.1, 0.15) is 11.1 Å². The minimum absolute atomic E-state index is 0.112. The second-order valence-electron chi connectivity index (χ2n) is 8.67. The van der Waals surface area contributed by atoms with Crippen molar-refractivity contribution in [2.45, 2.75) is 30.8 Å². The van der Waals surface area contributed by atoms with Crippen LogP contribution in [0.25, 0.3) is 0 Å². The molecule has 0 fully saturated rings. The first-order chi connectivity index (χ1) is 16.8. The molecule has 0 amide bonds. The van der Waals surface area contributed by atoms with Crippen molar-refractivity contribution in [2.24, 2.45) is 0 Å². The Bertz CT molecular complexity index is 743. The van der Waals surface area contributed by atoms with Crippen LogP contribution in [0, 0.1) is 0 Å². The van der Waals surface area contributed by atoms with Crippen LogP contribution in [-0.4, -0.2) is 118 Å². The van der Waals surface area contributed by atoms with Crippen LogP contribution < -0.4 is 9.80 Å². The van der Waals surface area contributed by atoms with Gasteiger partial charge in [0.05, 0.1) is 50.8 Å². The number of hydrogen-bond donors (Lipinski definition) is 8. The van der Waals surface area contributed by atoms with E-state index in [0.717, 1.165) is 22.5 Å². The first-order valence-corrected chi connectivity index (χ1v) is 11.6. The van der Waals surface area contributed by atoms with Gasteiger partial charge < -0.3 is 50.7 Å². The van der Waals surface area contributed by atoms with Crippen molar-refractivity contribution >= 4 is 11.4 Å². The SMILES string of the molecule is OC[C@@H](O)CN(C[C@@H](O)CO)c1ccc(Cc2ccc(N(C[C@@H](O)CO)C[C@@H](O)CO)cc2)cc1. The molecule has 2 rings (SSSR count). The number of aliphatic hydroxyl groups excluding tert-OH is 8. The minimum atomic E-state index is -0.976. The molecule has 2 aromatic carbocycles. The molecule has 0 aliphatic carbocycles. The molecule has 0 spiro atoms. The van der Waals surface area contributed by atoms with Crippen LogP contribution in [0.5, 0.6) is 0 Å². The van der Waals surface area contributed by atoms with Gasteiger partial charge in [0.15, 0.2) is 0 Å². The molecular weight excluding hydrogens is 456 g/mol. The first-order valence-electron chi connectivity index (χ1n) is 11.6. The Morgan fingerprint density at radius 1 is 0.457 bits per heavy atom. The molecule has 196 valence electrons. The molecule has 35 heavy (non-hydrogen) atoms. The van der Waals surface area contributed by atoms with Crippen LogP contribution in [0.3, 0.4) is 0 Å². The maximum Gasteiger partial charge on any atom is 0.0945 e. The fraction of sp³-hybridized carbons (Fsp3) is 0.520. The zero-order valence-electron chi connectivity index (χ0n) is 19.8. The van der Waals surface area contributed by atoms with E-state index in [1.54, 1.807) is 9.80 Å². The lowest BCUT2D eigenvalue weighted by Gasteiger charge is -2.29. The Kier molecular flexibility index (Phi) is 12.4. The number of anilines is 2. The van der Waals surface area contributed by atoms with E-state index in [4.69, 9.17) is 20.4 Å². The van der Waals surface area contributed by atoms with Gasteiger partial charge >= 0.3 is 0 Å². The molecule has 0 saturated carbocycles. The van der Waals surface area contributed by atoms with Gasteiger partial charge in [-0.3, -0.25) is 0 Å². The van der Waals surface area contributed by atoms with Crippen molar-refractivity contribution in [3.05, 3.63) is 59.7 Å². The molecule has 0 bridgehead atoms. The summed E-state index contributed by atoms with van der Waals surface area (Å²) >= 11 is 0. The molecule has 0 radical (unpaired) electrons. The quantitative estimate of drug-likeness (QED) is 0.135. The fourth-order valence-corrected chi connectivity index (χ4v) is 3.70. The van der Waals surface area contributed by atoms with E-state index in [0.29, 0.717) is 6.42 Å². The second-order valence-corrected chi connectivity index (χ2v) is 8.67. The molecule has 4 atom stereocenters. The van der Waals surface area contributed by atoms with Gasteiger partial charge in [-0.05, 0) is 41.8 Å². The zero-order chi connectivity index (χ0) is 25.8. The predicted octanol–water partition coefficient (Wildman–Crippen LogP) is -1.70. The molecule has 0 heterocycles. The van der Waals surface area contributed by atoms with Crippen LogP contribution >= 0.6 is 0 Å². The molecular formula is C25H38N2O8. The highest BCUT2D eigenvalue weighted by Gasteiger charge is 2.17. The summed E-state index contributed by atoms with van der Waals surface area (Å²) in [4.78, 5) is 3.41. The lowest BCUT2D eigenvalue weighted by molar-refractivity contribution is 0.0838. The monoisotopic (exact) mass is 494 g/mol. The topological polar surface area (TPSA) is 168 Å². The Morgan fingerprint density at radius 3 is 0.943 bits per heavy atom. The van der Waals surface area contributed by atoms with E-state index in [9.17, 15) is 20.4 Å². The minimum Gasteiger partial charge on any atom is -0.394 e. The Labute approximate surface area is 205 Å². The van der Waals surface area contributed by atoms with Crippen LogP contribution in [0.15, 0.2) is 48.5 Å². The highest BCUT2D eigenvalue weighted by atomic mass is 16.3. The van der Waals surface area contributed by atoms with E-state index < -0.39 is 50.8 Å². The van der Waals surface area contributed by atoms with Gasteiger partial charge in [0.2, 0.25) is 0 Å². The van der Waals surface area contributed by atoms with E-state index in [1.165, 1.54) is 0 Å². The summed E-state index contributed by atoms with van der Waals surface area (Å²) in [5.41, 5.74) is 3.53. The number of rotatable bonds is 16. The third-order valence-electron chi connectivity index (χ3n) is 5.58. The van der Waals surface area contributed by atoms with Gasteiger partial charge in [0.1, 0.15) is 0 Å². The van der Waals surface area contributed by atoms with Gasteiger partial charge in [0.25, 0.3) is 0 Å². The summed E-state index contributed by atoms with van der Waals surface area (Å²) in [6, 6.07) is 15.1. The Hall–Kier alpha value is -2.28. The average Bonchev–Trinajstić information content (AvgIpc) is 2.88. The van der Waals surface area contributed by atoms with Crippen LogP contribution in [0.2, 0.25) is 0 Å². The standard InChI is InChI=1S/C25H38N2O8/c28-14-22(32)10-26(11-23(33)15-29)20-5-1-18(2-6-20)9-19-3-7-21(8-4-19)27(12-24(34)16-30)13-25(35)17-31/h1-8,22-25,28-35H,9-17H2/t22-,23-,24-,25+/m1/s1. The summed E-state index contributed by atoms with van der Waals surface area (Å²) < 4.78 is 0. The summed E-state index contributed by atoms with van der Waals surface area (Å²) in [6.45, 7) is -1.18. The number of benzene rings is 2. The molecule has 10 nitrogen and oxygen atoms in total. The largest absolute Gasteiger partial charge is 0.394 e. The smallest absolute Gasteiger partial charge is 0.0945 e. The molecule has 0 aromatic heterocycles. The van der Waals surface area contributed by atoms with Crippen molar-refractivity contribution in [3.63, 3.8) is 0 Å². The maximum absolute atomic E-state index is 9.82. The van der Waals surface area contributed by atoms with E-state index in [-0.39, 0.29) is 26.2 Å². The summed E-state index contributed by atoms with van der Waals surface area (Å²) in [5, 5.41) is 75.9. The van der Waals surface area contributed by atoms with Gasteiger partial charge in [-0.15, -0.1) is 0 Å². The van der Waals surface area contributed by atoms with E-state index >= 15 is 0 Å². The van der Waals surface area contributed by atoms with Crippen molar-refractivity contribution in [3.8, 4) is 0 Å². The summed E-state index contributed by atoms with van der Waals surface area (Å²) in [7, 11) is 0. The van der Waals surface area contributed by atoms with Crippen molar-refractivity contribution < 1.29 is 40.9 Å². The van der Waals surface area contributed by atoms with E-state index in [1.807, 2.05) is 48.5 Å². The van der Waals surface area contributed by atoms with Crippen LogP contribution in [0.4, 0.5) is 11.4 Å².